The van der Waals surface area contributed by atoms with Gasteiger partial charge in [-0.1, -0.05) is 0 Å². The number of H-pyrrole nitrogens is 1. The molecule has 0 fully saturated rings. The number of nitriles is 1. The second kappa shape index (κ2) is 6.07. The molecule has 1 heterocycles. The zero-order chi connectivity index (χ0) is 15.4. The molecule has 0 atom stereocenters. The van der Waals surface area contributed by atoms with Gasteiger partial charge in [0.25, 0.3) is 5.56 Å². The number of hydrogen-bond donors (Lipinski definition) is 2. The van der Waals surface area contributed by atoms with Crippen molar-refractivity contribution in [3.63, 3.8) is 0 Å². The fourth-order valence-corrected chi connectivity index (χ4v) is 1.95. The molecule has 0 bridgehead atoms. The molecule has 0 aliphatic carbocycles. The van der Waals surface area contributed by atoms with E-state index in [-0.39, 0.29) is 24.3 Å². The van der Waals surface area contributed by atoms with Gasteiger partial charge in [-0.05, 0) is 24.3 Å². The number of aliphatic hydroxyl groups excluding tert-OH is 1. The third-order valence-corrected chi connectivity index (χ3v) is 2.99. The minimum absolute atomic E-state index is 0.0147. The van der Waals surface area contributed by atoms with Crippen LogP contribution in [0.1, 0.15) is 21.6 Å². The van der Waals surface area contributed by atoms with Gasteiger partial charge in [-0.2, -0.15) is 5.26 Å². The van der Waals surface area contributed by atoms with Crippen LogP contribution < -0.4 is 5.56 Å². The number of benzene rings is 1. The average molecular weight is 287 g/mol. The fourth-order valence-electron chi connectivity index (χ4n) is 1.95. The van der Waals surface area contributed by atoms with Gasteiger partial charge in [0.05, 0.1) is 30.0 Å². The van der Waals surface area contributed by atoms with Gasteiger partial charge in [0.15, 0.2) is 0 Å². The normalized spacial score (nSPS) is 10.1. The quantitative estimate of drug-likeness (QED) is 0.789. The number of carbonyl (C=O) groups excluding carboxylic acids is 1. The van der Waals surface area contributed by atoms with E-state index in [1.165, 1.54) is 11.8 Å². The van der Waals surface area contributed by atoms with E-state index in [2.05, 4.69) is 9.84 Å². The monoisotopic (exact) mass is 287 g/mol. The summed E-state index contributed by atoms with van der Waals surface area (Å²) in [5.41, 5.74) is 0.680. The van der Waals surface area contributed by atoms with E-state index in [9.17, 15) is 9.59 Å². The maximum atomic E-state index is 12.3. The van der Waals surface area contributed by atoms with Crippen molar-refractivity contribution in [2.75, 3.05) is 13.7 Å². The van der Waals surface area contributed by atoms with E-state index in [4.69, 9.17) is 10.4 Å². The van der Waals surface area contributed by atoms with Gasteiger partial charge in [0, 0.05) is 13.0 Å². The van der Waals surface area contributed by atoms with Crippen LogP contribution in [0, 0.1) is 11.3 Å². The van der Waals surface area contributed by atoms with E-state index < -0.39 is 11.5 Å². The predicted molar refractivity (Wildman–Crippen MR) is 73.2 cm³/mol. The number of aromatic nitrogens is 2. The molecule has 0 aliphatic rings. The van der Waals surface area contributed by atoms with Crippen LogP contribution in [-0.2, 0) is 11.2 Å². The van der Waals surface area contributed by atoms with Crippen LogP contribution in [0.3, 0.4) is 0 Å². The second-order valence-corrected chi connectivity index (χ2v) is 4.23. The molecule has 2 N–H and O–H groups in total. The summed E-state index contributed by atoms with van der Waals surface area (Å²) in [4.78, 5) is 24.0. The number of carbonyl (C=O) groups is 1. The highest BCUT2D eigenvalue weighted by Crippen LogP contribution is 2.10. The van der Waals surface area contributed by atoms with Crippen molar-refractivity contribution in [1.82, 2.24) is 9.78 Å². The lowest BCUT2D eigenvalue weighted by atomic mass is 10.2. The summed E-state index contributed by atoms with van der Waals surface area (Å²) in [6.07, 6.45) is 0.0447. The number of methoxy groups -OCH3 is 1. The Balaban J connectivity index is 2.56. The van der Waals surface area contributed by atoms with Crippen LogP contribution in [0.15, 0.2) is 29.1 Å². The van der Waals surface area contributed by atoms with Gasteiger partial charge in [0.1, 0.15) is 5.69 Å². The van der Waals surface area contributed by atoms with Crippen molar-refractivity contribution in [3.8, 4) is 11.8 Å². The topological polar surface area (TPSA) is 108 Å². The molecule has 1 aromatic carbocycles. The molecule has 0 saturated carbocycles. The van der Waals surface area contributed by atoms with Gasteiger partial charge < -0.3 is 9.84 Å². The number of esters is 1. The first-order chi connectivity index (χ1) is 10.1. The molecular formula is C14H13N3O4. The lowest BCUT2D eigenvalue weighted by molar-refractivity contribution is 0.0592. The van der Waals surface area contributed by atoms with Crippen LogP contribution >= 0.6 is 0 Å². The highest BCUT2D eigenvalue weighted by molar-refractivity contribution is 5.88. The van der Waals surface area contributed by atoms with Crippen molar-refractivity contribution in [1.29, 1.82) is 5.26 Å². The number of hydrogen-bond acceptors (Lipinski definition) is 5. The van der Waals surface area contributed by atoms with Crippen LogP contribution in [0.5, 0.6) is 0 Å². The highest BCUT2D eigenvalue weighted by atomic mass is 16.5. The van der Waals surface area contributed by atoms with Crippen molar-refractivity contribution in [2.45, 2.75) is 6.42 Å². The summed E-state index contributed by atoms with van der Waals surface area (Å²) in [7, 11) is 1.21. The van der Waals surface area contributed by atoms with E-state index in [1.54, 1.807) is 24.3 Å². The van der Waals surface area contributed by atoms with Crippen LogP contribution in [0.4, 0.5) is 0 Å². The number of nitrogens with one attached hydrogen (secondary N) is 1. The van der Waals surface area contributed by atoms with Crippen molar-refractivity contribution < 1.29 is 14.6 Å². The summed E-state index contributed by atoms with van der Waals surface area (Å²) in [6.45, 7) is -0.259. The molecule has 1 aromatic heterocycles. The first-order valence-corrected chi connectivity index (χ1v) is 6.16. The Labute approximate surface area is 120 Å². The summed E-state index contributed by atoms with van der Waals surface area (Å²) in [5, 5.41) is 20.5. The average Bonchev–Trinajstić information content (AvgIpc) is 2.84. The van der Waals surface area contributed by atoms with E-state index >= 15 is 0 Å². The minimum atomic E-state index is -0.678. The van der Waals surface area contributed by atoms with Gasteiger partial charge in [-0.3, -0.25) is 9.89 Å². The molecular weight excluding hydrogens is 274 g/mol. The lowest BCUT2D eigenvalue weighted by Gasteiger charge is -2.01. The largest absolute Gasteiger partial charge is 0.464 e. The maximum absolute atomic E-state index is 12.3. The minimum Gasteiger partial charge on any atom is -0.464 e. The van der Waals surface area contributed by atoms with Crippen LogP contribution in [-0.4, -0.2) is 34.6 Å². The molecule has 7 nitrogen and oxygen atoms in total. The van der Waals surface area contributed by atoms with Crippen LogP contribution in [0.2, 0.25) is 0 Å². The van der Waals surface area contributed by atoms with Crippen LogP contribution in [0.25, 0.3) is 5.69 Å². The second-order valence-electron chi connectivity index (χ2n) is 4.23. The van der Waals surface area contributed by atoms with Gasteiger partial charge in [-0.15, -0.1) is 0 Å². The Morgan fingerprint density at radius 3 is 2.62 bits per heavy atom. The predicted octanol–water partition coefficient (Wildman–Crippen LogP) is 0.359. The fraction of sp³-hybridized carbons (Fsp3) is 0.214. The first kappa shape index (κ1) is 14.6. The highest BCUT2D eigenvalue weighted by Gasteiger charge is 2.20. The molecule has 0 saturated heterocycles. The third-order valence-electron chi connectivity index (χ3n) is 2.99. The van der Waals surface area contributed by atoms with Crippen molar-refractivity contribution in [2.24, 2.45) is 0 Å². The summed E-state index contributed by atoms with van der Waals surface area (Å²) < 4.78 is 5.80. The Bertz CT molecular complexity index is 750. The molecule has 7 heteroatoms. The number of rotatable bonds is 4. The maximum Gasteiger partial charge on any atom is 0.356 e. The van der Waals surface area contributed by atoms with E-state index in [0.29, 0.717) is 11.3 Å². The van der Waals surface area contributed by atoms with E-state index in [1.807, 2.05) is 6.07 Å². The molecule has 0 radical (unpaired) electrons. The Morgan fingerprint density at radius 2 is 2.10 bits per heavy atom. The summed E-state index contributed by atoms with van der Waals surface area (Å²) >= 11 is 0. The Hall–Kier alpha value is -2.85. The van der Waals surface area contributed by atoms with Gasteiger partial charge >= 0.3 is 5.97 Å². The number of aromatic amines is 1. The Morgan fingerprint density at radius 1 is 1.43 bits per heavy atom. The molecule has 2 aromatic rings. The molecule has 2 rings (SSSR count). The number of nitrogens with zero attached hydrogens (tertiary/aromatic N) is 2. The zero-order valence-electron chi connectivity index (χ0n) is 11.3. The first-order valence-electron chi connectivity index (χ1n) is 6.16. The van der Waals surface area contributed by atoms with Gasteiger partial charge in [0.2, 0.25) is 0 Å². The molecule has 108 valence electrons. The van der Waals surface area contributed by atoms with Gasteiger partial charge in [-0.25, -0.2) is 9.48 Å². The SMILES string of the molecule is COC(=O)c1[nH]n(-c2ccc(C#N)cc2)c(=O)c1CCO. The molecule has 0 aliphatic heterocycles. The van der Waals surface area contributed by atoms with Crippen molar-refractivity contribution in [3.05, 3.63) is 51.4 Å². The number of aliphatic hydroxyl groups is 1. The third kappa shape index (κ3) is 2.70. The molecule has 21 heavy (non-hydrogen) atoms. The smallest absolute Gasteiger partial charge is 0.356 e. The molecule has 0 spiro atoms. The molecule has 0 amide bonds. The summed E-state index contributed by atoms with van der Waals surface area (Å²) in [6, 6.07) is 8.27. The number of ether oxygens (including phenoxy) is 1. The van der Waals surface area contributed by atoms with E-state index in [0.717, 1.165) is 0 Å². The summed E-state index contributed by atoms with van der Waals surface area (Å²) in [5.74, 6) is -0.678. The van der Waals surface area contributed by atoms with Crippen molar-refractivity contribution >= 4 is 5.97 Å². The standard InChI is InChI=1S/C14H13N3O4/c1-21-14(20)12-11(6-7-18)13(19)17(16-12)10-4-2-9(8-15)3-5-10/h2-5,16,18H,6-7H2,1H3. The lowest BCUT2D eigenvalue weighted by Crippen LogP contribution is -2.18. The molecule has 0 unspecified atom stereocenters. The Kier molecular flexibility index (Phi) is 4.21. The zero-order valence-corrected chi connectivity index (χ0v) is 11.3.